The van der Waals surface area contributed by atoms with Gasteiger partial charge in [0.2, 0.25) is 0 Å². The molecule has 3 rings (SSSR count). The van der Waals surface area contributed by atoms with E-state index in [2.05, 4.69) is 41.4 Å². The molecule has 1 aromatic rings. The van der Waals surface area contributed by atoms with E-state index in [-0.39, 0.29) is 0 Å². The molecule has 2 aliphatic rings. The van der Waals surface area contributed by atoms with Gasteiger partial charge in [-0.15, -0.1) is 11.3 Å². The lowest BCUT2D eigenvalue weighted by Crippen LogP contribution is -2.26. The first-order valence-corrected chi connectivity index (χ1v) is 9.28. The maximum Gasteiger partial charge on any atom is 0.0443 e. The molecule has 0 saturated heterocycles. The molecule has 1 fully saturated rings. The molecule has 3 heteroatoms. The van der Waals surface area contributed by atoms with E-state index in [9.17, 15) is 0 Å². The van der Waals surface area contributed by atoms with Crippen molar-refractivity contribution in [1.29, 1.82) is 0 Å². The fourth-order valence-electron chi connectivity index (χ4n) is 3.33. The summed E-state index contributed by atoms with van der Waals surface area (Å²) in [6.45, 7) is 3.34. The minimum atomic E-state index is 0.637. The molecule has 0 radical (unpaired) electrons. The zero-order valence-corrected chi connectivity index (χ0v) is 12.8. The number of thiophene rings is 1. The van der Waals surface area contributed by atoms with Crippen LogP contribution in [0.4, 0.5) is 0 Å². The molecule has 2 heterocycles. The van der Waals surface area contributed by atoms with Crippen molar-refractivity contribution in [2.24, 2.45) is 5.92 Å². The molecule has 1 unspecified atom stereocenters. The summed E-state index contributed by atoms with van der Waals surface area (Å²) in [7, 11) is 0. The zero-order chi connectivity index (χ0) is 12.4. The van der Waals surface area contributed by atoms with E-state index in [4.69, 9.17) is 0 Å². The number of aryl methyl sites for hydroxylation is 1. The van der Waals surface area contributed by atoms with Gasteiger partial charge >= 0.3 is 0 Å². The van der Waals surface area contributed by atoms with Gasteiger partial charge in [0.05, 0.1) is 0 Å². The molecular formula is C15H23NS2. The SMILES string of the molecule is CCNC(c1cc2c(s1)CCSC2)C1CCCC1. The molecule has 0 aromatic carbocycles. The van der Waals surface area contributed by atoms with Crippen molar-refractivity contribution in [3.05, 3.63) is 21.4 Å². The first-order chi connectivity index (χ1) is 8.88. The third kappa shape index (κ3) is 2.63. The number of fused-ring (bicyclic) bond motifs is 1. The minimum absolute atomic E-state index is 0.637. The molecule has 1 saturated carbocycles. The van der Waals surface area contributed by atoms with Crippen molar-refractivity contribution >= 4 is 23.1 Å². The highest BCUT2D eigenvalue weighted by atomic mass is 32.2. The minimum Gasteiger partial charge on any atom is -0.309 e. The van der Waals surface area contributed by atoms with Crippen molar-refractivity contribution in [2.45, 2.75) is 50.8 Å². The summed E-state index contributed by atoms with van der Waals surface area (Å²) in [5, 5.41) is 3.75. The average molecular weight is 281 g/mol. The van der Waals surface area contributed by atoms with Crippen LogP contribution in [-0.4, -0.2) is 12.3 Å². The van der Waals surface area contributed by atoms with Crippen molar-refractivity contribution < 1.29 is 0 Å². The van der Waals surface area contributed by atoms with E-state index in [0.29, 0.717) is 6.04 Å². The van der Waals surface area contributed by atoms with E-state index in [1.165, 1.54) is 43.6 Å². The third-order valence-electron chi connectivity index (χ3n) is 4.25. The van der Waals surface area contributed by atoms with Gasteiger partial charge in [-0.1, -0.05) is 19.8 Å². The smallest absolute Gasteiger partial charge is 0.0443 e. The third-order valence-corrected chi connectivity index (χ3v) is 6.58. The fourth-order valence-corrected chi connectivity index (χ4v) is 5.88. The predicted molar refractivity (Wildman–Crippen MR) is 82.6 cm³/mol. The van der Waals surface area contributed by atoms with Gasteiger partial charge in [0.25, 0.3) is 0 Å². The van der Waals surface area contributed by atoms with Crippen LogP contribution in [0.15, 0.2) is 6.07 Å². The highest BCUT2D eigenvalue weighted by Gasteiger charge is 2.28. The van der Waals surface area contributed by atoms with Gasteiger partial charge in [-0.3, -0.25) is 0 Å². The fraction of sp³-hybridized carbons (Fsp3) is 0.733. The summed E-state index contributed by atoms with van der Waals surface area (Å²) in [6, 6.07) is 3.15. The summed E-state index contributed by atoms with van der Waals surface area (Å²) in [4.78, 5) is 3.29. The maximum atomic E-state index is 3.75. The number of nitrogens with one attached hydrogen (secondary N) is 1. The molecule has 0 spiro atoms. The molecule has 0 amide bonds. The lowest BCUT2D eigenvalue weighted by atomic mass is 9.96. The second-order valence-corrected chi connectivity index (χ2v) is 7.75. The Morgan fingerprint density at radius 3 is 2.94 bits per heavy atom. The molecule has 100 valence electrons. The first-order valence-electron chi connectivity index (χ1n) is 7.31. The van der Waals surface area contributed by atoms with E-state index in [0.717, 1.165) is 12.5 Å². The molecule has 18 heavy (non-hydrogen) atoms. The molecule has 1 nitrogen and oxygen atoms in total. The molecule has 1 aliphatic carbocycles. The van der Waals surface area contributed by atoms with E-state index < -0.39 is 0 Å². The Balaban J connectivity index is 1.82. The van der Waals surface area contributed by atoms with E-state index >= 15 is 0 Å². The summed E-state index contributed by atoms with van der Waals surface area (Å²) in [6.07, 6.45) is 7.03. The standard InChI is InChI=1S/C15H23NS2/c1-2-16-15(11-5-3-4-6-11)14-9-12-10-17-8-7-13(12)18-14/h9,11,15-16H,2-8,10H2,1H3. The van der Waals surface area contributed by atoms with E-state index in [1.54, 1.807) is 15.3 Å². The summed E-state index contributed by atoms with van der Waals surface area (Å²) in [5.74, 6) is 3.45. The van der Waals surface area contributed by atoms with Crippen LogP contribution in [-0.2, 0) is 12.2 Å². The van der Waals surface area contributed by atoms with Crippen molar-refractivity contribution in [1.82, 2.24) is 5.32 Å². The molecule has 1 aromatic heterocycles. The van der Waals surface area contributed by atoms with Gasteiger partial charge in [0, 0.05) is 21.5 Å². The zero-order valence-electron chi connectivity index (χ0n) is 11.2. The molecule has 1 N–H and O–H groups in total. The van der Waals surface area contributed by atoms with Crippen LogP contribution in [0.2, 0.25) is 0 Å². The van der Waals surface area contributed by atoms with Gasteiger partial charge < -0.3 is 5.32 Å². The highest BCUT2D eigenvalue weighted by molar-refractivity contribution is 7.98. The lowest BCUT2D eigenvalue weighted by Gasteiger charge is -2.23. The lowest BCUT2D eigenvalue weighted by molar-refractivity contribution is 0.379. The normalized spacial score (nSPS) is 22.1. The van der Waals surface area contributed by atoms with Gasteiger partial charge in [-0.05, 0) is 49.1 Å². The van der Waals surface area contributed by atoms with Gasteiger partial charge in [0.1, 0.15) is 0 Å². The van der Waals surface area contributed by atoms with Gasteiger partial charge in [-0.25, -0.2) is 0 Å². The number of hydrogen-bond acceptors (Lipinski definition) is 3. The van der Waals surface area contributed by atoms with Crippen LogP contribution >= 0.6 is 23.1 Å². The average Bonchev–Trinajstić information content (AvgIpc) is 3.04. The Morgan fingerprint density at radius 1 is 1.39 bits per heavy atom. The van der Waals surface area contributed by atoms with Crippen molar-refractivity contribution in [3.8, 4) is 0 Å². The van der Waals surface area contributed by atoms with Crippen LogP contribution in [0.3, 0.4) is 0 Å². The second kappa shape index (κ2) is 5.98. The Hall–Kier alpha value is 0.01000. The molecule has 1 aliphatic heterocycles. The monoisotopic (exact) mass is 281 g/mol. The highest BCUT2D eigenvalue weighted by Crippen LogP contribution is 2.41. The van der Waals surface area contributed by atoms with Gasteiger partial charge in [0.15, 0.2) is 0 Å². The van der Waals surface area contributed by atoms with Crippen LogP contribution in [0.25, 0.3) is 0 Å². The van der Waals surface area contributed by atoms with Crippen LogP contribution in [0.5, 0.6) is 0 Å². The van der Waals surface area contributed by atoms with Crippen LogP contribution in [0.1, 0.15) is 54.0 Å². The van der Waals surface area contributed by atoms with Gasteiger partial charge in [-0.2, -0.15) is 11.8 Å². The van der Waals surface area contributed by atoms with E-state index in [1.807, 2.05) is 0 Å². The van der Waals surface area contributed by atoms with Crippen molar-refractivity contribution in [2.75, 3.05) is 12.3 Å². The number of rotatable bonds is 4. The number of thioether (sulfide) groups is 1. The largest absolute Gasteiger partial charge is 0.309 e. The molecule has 1 atom stereocenters. The quantitative estimate of drug-likeness (QED) is 0.879. The van der Waals surface area contributed by atoms with Crippen LogP contribution in [0, 0.1) is 5.92 Å². The molecule has 0 bridgehead atoms. The predicted octanol–water partition coefficient (Wildman–Crippen LogP) is 4.38. The van der Waals surface area contributed by atoms with Crippen molar-refractivity contribution in [3.63, 3.8) is 0 Å². The summed E-state index contributed by atoms with van der Waals surface area (Å²) in [5.41, 5.74) is 1.63. The summed E-state index contributed by atoms with van der Waals surface area (Å²) < 4.78 is 0. The topological polar surface area (TPSA) is 12.0 Å². The Morgan fingerprint density at radius 2 is 2.22 bits per heavy atom. The Kier molecular flexibility index (Phi) is 4.32. The first kappa shape index (κ1) is 13.0. The molecular weight excluding hydrogens is 258 g/mol. The summed E-state index contributed by atoms with van der Waals surface area (Å²) >= 11 is 4.19. The Labute approximate surface area is 119 Å². The maximum absolute atomic E-state index is 3.75. The Bertz CT molecular complexity index is 370. The second-order valence-electron chi connectivity index (χ2n) is 5.48. The van der Waals surface area contributed by atoms with Crippen LogP contribution < -0.4 is 5.32 Å². The number of hydrogen-bond donors (Lipinski definition) is 1.